The maximum Gasteiger partial charge on any atom is 0.141 e. The predicted octanol–water partition coefficient (Wildman–Crippen LogP) is 11.5. The Hall–Kier alpha value is -6.06. The minimum Gasteiger partial charge on any atom is -0.456 e. The molecule has 47 heavy (non-hydrogen) atoms. The van der Waals surface area contributed by atoms with Crippen LogP contribution >= 0.6 is 0 Å². The Labute approximate surface area is 272 Å². The number of fused-ring (bicyclic) bond motifs is 10. The number of hydrogen-bond donors (Lipinski definition) is 1. The molecular formula is C44H30N2O. The van der Waals surface area contributed by atoms with E-state index in [1.165, 1.54) is 55.0 Å². The van der Waals surface area contributed by atoms with E-state index in [1.807, 2.05) is 0 Å². The number of H-pyrrole nitrogens is 1. The first-order chi connectivity index (χ1) is 23.2. The Morgan fingerprint density at radius 3 is 2.02 bits per heavy atom. The minimum atomic E-state index is -0.484. The number of ether oxygens (including phenoxy) is 1. The highest BCUT2D eigenvalue weighted by atomic mass is 16.5. The molecule has 0 spiro atoms. The molecule has 1 aliphatic rings. The second-order valence-corrected chi connectivity index (χ2v) is 12.7. The number of benzene rings is 7. The highest BCUT2D eigenvalue weighted by molar-refractivity contribution is 6.15. The molecule has 3 heteroatoms. The molecule has 0 amide bonds. The fourth-order valence-corrected chi connectivity index (χ4v) is 8.06. The number of nitrogens with one attached hydrogen (secondary N) is 1. The maximum atomic E-state index is 7.08. The lowest BCUT2D eigenvalue weighted by Crippen LogP contribution is -2.29. The van der Waals surface area contributed by atoms with Crippen LogP contribution in [0.25, 0.3) is 60.4 Å². The highest BCUT2D eigenvalue weighted by Gasteiger charge is 2.43. The molecule has 0 saturated carbocycles. The average Bonchev–Trinajstić information content (AvgIpc) is 3.68. The van der Waals surface area contributed by atoms with Gasteiger partial charge in [-0.2, -0.15) is 0 Å². The molecule has 0 radical (unpaired) electrons. The van der Waals surface area contributed by atoms with Gasteiger partial charge in [-0.3, -0.25) is 0 Å². The van der Waals surface area contributed by atoms with Crippen LogP contribution in [0, 0.1) is 0 Å². The number of para-hydroxylation sites is 2. The van der Waals surface area contributed by atoms with Crippen molar-refractivity contribution in [1.29, 1.82) is 0 Å². The van der Waals surface area contributed by atoms with Crippen molar-refractivity contribution in [2.24, 2.45) is 0 Å². The summed E-state index contributed by atoms with van der Waals surface area (Å²) in [5.74, 6) is 1.83. The second-order valence-electron chi connectivity index (χ2n) is 12.7. The molecule has 0 fully saturated rings. The van der Waals surface area contributed by atoms with Gasteiger partial charge in [0.05, 0.1) is 27.4 Å². The van der Waals surface area contributed by atoms with Crippen LogP contribution in [0.1, 0.15) is 23.6 Å². The van der Waals surface area contributed by atoms with E-state index < -0.39 is 5.41 Å². The third-order valence-electron chi connectivity index (χ3n) is 10.3. The first kappa shape index (κ1) is 26.2. The Morgan fingerprint density at radius 1 is 0.532 bits per heavy atom. The lowest BCUT2D eigenvalue weighted by atomic mass is 9.68. The quantitative estimate of drug-likeness (QED) is 0.214. The van der Waals surface area contributed by atoms with Gasteiger partial charge in [-0.1, -0.05) is 115 Å². The fourth-order valence-electron chi connectivity index (χ4n) is 8.06. The predicted molar refractivity (Wildman–Crippen MR) is 194 cm³/mol. The van der Waals surface area contributed by atoms with Crippen molar-refractivity contribution in [1.82, 2.24) is 9.55 Å². The molecule has 1 N–H and O–H groups in total. The van der Waals surface area contributed by atoms with E-state index in [0.29, 0.717) is 0 Å². The standard InChI is InChI=1S/C44H30N2O/c1-44(30-14-6-3-7-15-30)34-24-25-36-40(32-16-8-10-18-35(32)45-36)43(34)47-39-27-26-38-41(42(39)44)33-17-9-11-19-37(33)46(38)31-22-20-29(21-23-31)28-12-4-2-5-13-28/h2-27,45H,1H3. The molecule has 222 valence electrons. The van der Waals surface area contributed by atoms with E-state index in [-0.39, 0.29) is 0 Å². The molecule has 0 bridgehead atoms. The van der Waals surface area contributed by atoms with E-state index in [1.54, 1.807) is 0 Å². The first-order valence-corrected chi connectivity index (χ1v) is 16.2. The van der Waals surface area contributed by atoms with Gasteiger partial charge >= 0.3 is 0 Å². The van der Waals surface area contributed by atoms with Crippen molar-refractivity contribution >= 4 is 43.6 Å². The fraction of sp³-hybridized carbons (Fsp3) is 0.0455. The maximum absolute atomic E-state index is 7.08. The van der Waals surface area contributed by atoms with Gasteiger partial charge in [-0.25, -0.2) is 0 Å². The number of aromatic nitrogens is 2. The lowest BCUT2D eigenvalue weighted by Gasteiger charge is -2.39. The van der Waals surface area contributed by atoms with Gasteiger partial charge in [0, 0.05) is 38.5 Å². The Morgan fingerprint density at radius 2 is 1.21 bits per heavy atom. The van der Waals surface area contributed by atoms with Crippen LogP contribution in [-0.4, -0.2) is 9.55 Å². The normalized spacial score (nSPS) is 15.6. The Kier molecular flexibility index (Phi) is 5.41. The van der Waals surface area contributed by atoms with Gasteiger partial charge in [0.15, 0.2) is 0 Å². The molecule has 3 heterocycles. The zero-order valence-electron chi connectivity index (χ0n) is 25.9. The summed E-state index contributed by atoms with van der Waals surface area (Å²) in [5, 5.41) is 4.75. The van der Waals surface area contributed by atoms with Crippen LogP contribution in [-0.2, 0) is 5.41 Å². The first-order valence-electron chi connectivity index (χ1n) is 16.2. The van der Waals surface area contributed by atoms with Crippen molar-refractivity contribution in [2.75, 3.05) is 0 Å². The Bertz CT molecular complexity index is 2650. The van der Waals surface area contributed by atoms with Crippen LogP contribution in [0.2, 0.25) is 0 Å². The molecule has 0 saturated heterocycles. The van der Waals surface area contributed by atoms with E-state index in [9.17, 15) is 0 Å². The summed E-state index contributed by atoms with van der Waals surface area (Å²) in [7, 11) is 0. The van der Waals surface area contributed by atoms with Crippen LogP contribution in [0.5, 0.6) is 11.5 Å². The van der Waals surface area contributed by atoms with Gasteiger partial charge in [0.2, 0.25) is 0 Å². The van der Waals surface area contributed by atoms with E-state index in [0.717, 1.165) is 33.6 Å². The third kappa shape index (κ3) is 3.62. The highest BCUT2D eigenvalue weighted by Crippen LogP contribution is 2.57. The third-order valence-corrected chi connectivity index (χ3v) is 10.3. The summed E-state index contributed by atoms with van der Waals surface area (Å²) in [5.41, 5.74) is 11.2. The van der Waals surface area contributed by atoms with Crippen molar-refractivity contribution in [2.45, 2.75) is 12.3 Å². The van der Waals surface area contributed by atoms with Crippen LogP contribution in [0.4, 0.5) is 0 Å². The van der Waals surface area contributed by atoms with E-state index >= 15 is 0 Å². The van der Waals surface area contributed by atoms with Crippen molar-refractivity contribution < 1.29 is 4.74 Å². The minimum absolute atomic E-state index is 0.484. The smallest absolute Gasteiger partial charge is 0.141 e. The van der Waals surface area contributed by atoms with Crippen LogP contribution in [0.3, 0.4) is 0 Å². The summed E-state index contributed by atoms with van der Waals surface area (Å²) in [4.78, 5) is 3.63. The van der Waals surface area contributed by atoms with Crippen molar-refractivity contribution in [3.63, 3.8) is 0 Å². The zero-order chi connectivity index (χ0) is 31.1. The molecule has 0 aliphatic carbocycles. The molecule has 1 aliphatic heterocycles. The average molecular weight is 603 g/mol. The molecule has 2 aromatic heterocycles. The molecule has 9 aromatic rings. The number of aromatic amines is 1. The SMILES string of the molecule is CC1(c2ccccc2)c2ccc3[nH]c4ccccc4c3c2Oc2ccc3c(c21)c1ccccc1n3-c1ccc(-c2ccccc2)cc1. The lowest BCUT2D eigenvalue weighted by molar-refractivity contribution is 0.435. The summed E-state index contributed by atoms with van der Waals surface area (Å²) in [6.45, 7) is 2.38. The molecular weight excluding hydrogens is 572 g/mol. The van der Waals surface area contributed by atoms with Crippen molar-refractivity contribution in [3.8, 4) is 28.3 Å². The number of nitrogens with zero attached hydrogens (tertiary/aromatic N) is 1. The van der Waals surface area contributed by atoms with Gasteiger partial charge in [-0.05, 0) is 66.1 Å². The summed E-state index contributed by atoms with van der Waals surface area (Å²) >= 11 is 0. The van der Waals surface area contributed by atoms with Crippen LogP contribution < -0.4 is 4.74 Å². The van der Waals surface area contributed by atoms with Gasteiger partial charge in [0.1, 0.15) is 11.5 Å². The monoisotopic (exact) mass is 602 g/mol. The van der Waals surface area contributed by atoms with Crippen LogP contribution in [0.15, 0.2) is 158 Å². The van der Waals surface area contributed by atoms with Crippen molar-refractivity contribution in [3.05, 3.63) is 174 Å². The number of hydrogen-bond acceptors (Lipinski definition) is 1. The molecule has 7 aromatic carbocycles. The largest absolute Gasteiger partial charge is 0.456 e. The summed E-state index contributed by atoms with van der Waals surface area (Å²) in [6.07, 6.45) is 0. The number of rotatable bonds is 3. The van der Waals surface area contributed by atoms with E-state index in [2.05, 4.69) is 174 Å². The van der Waals surface area contributed by atoms with Gasteiger partial charge < -0.3 is 14.3 Å². The summed E-state index contributed by atoms with van der Waals surface area (Å²) in [6, 6.07) is 56.6. The molecule has 3 nitrogen and oxygen atoms in total. The molecule has 1 atom stereocenters. The van der Waals surface area contributed by atoms with Gasteiger partial charge in [-0.15, -0.1) is 0 Å². The second kappa shape index (κ2) is 9.72. The topological polar surface area (TPSA) is 29.9 Å². The Balaban J connectivity index is 1.28. The van der Waals surface area contributed by atoms with E-state index in [4.69, 9.17) is 4.74 Å². The molecule has 1 unspecified atom stereocenters. The summed E-state index contributed by atoms with van der Waals surface area (Å²) < 4.78 is 9.49. The zero-order valence-corrected chi connectivity index (χ0v) is 25.9. The molecule has 10 rings (SSSR count). The van der Waals surface area contributed by atoms with Gasteiger partial charge in [0.25, 0.3) is 0 Å².